The number of imide groups is 1. The van der Waals surface area contributed by atoms with Gasteiger partial charge in [-0.05, 0) is 51.2 Å². The van der Waals surface area contributed by atoms with Crippen LogP contribution in [0.1, 0.15) is 76.2 Å². The number of carbonyl (C=O) groups excluding carboxylic acids is 2. The van der Waals surface area contributed by atoms with Crippen LogP contribution in [-0.2, 0) is 18.7 Å². The van der Waals surface area contributed by atoms with Crippen LogP contribution in [0.25, 0.3) is 0 Å². The molecule has 28 heavy (non-hydrogen) atoms. The first-order chi connectivity index (χ1) is 12.6. The van der Waals surface area contributed by atoms with Gasteiger partial charge in [0.05, 0.1) is 5.60 Å². The summed E-state index contributed by atoms with van der Waals surface area (Å²) in [5, 5.41) is 0. The molecule has 7 heteroatoms. The number of carbonyl (C=O) groups is 2. The number of amides is 2. The third-order valence-corrected chi connectivity index (χ3v) is 12.2. The minimum absolute atomic E-state index is 0.221. The SMILES string of the molecule is CC(C)[Si](O[C@H]1C(=O)N(C(=O)OC(C)(C)C)[C@H]1[C@@H]1OC1(C)C)(C(C)C)C(C)C. The molecule has 0 aliphatic carbocycles. The zero-order valence-electron chi connectivity index (χ0n) is 19.5. The highest BCUT2D eigenvalue weighted by Gasteiger charge is 2.68. The first-order valence-electron chi connectivity index (χ1n) is 10.5. The maximum absolute atomic E-state index is 13.1. The zero-order valence-corrected chi connectivity index (χ0v) is 20.5. The van der Waals surface area contributed by atoms with Crippen LogP contribution in [0.4, 0.5) is 4.79 Å². The van der Waals surface area contributed by atoms with Crippen molar-refractivity contribution in [3.8, 4) is 0 Å². The average Bonchev–Trinajstić information content (AvgIpc) is 3.09. The third-order valence-electron chi connectivity index (χ3n) is 6.09. The standard InChI is InChI=1S/C21H39NO5Si/c1-12(2)28(13(3)4,14(5)6)27-16-15(17-21(10,11)25-17)22(18(16)23)19(24)26-20(7,8)9/h12-17H,1-11H3/t15-,16-,17+/m1/s1. The van der Waals surface area contributed by atoms with E-state index >= 15 is 0 Å². The molecule has 2 heterocycles. The van der Waals surface area contributed by atoms with Gasteiger partial charge in [-0.1, -0.05) is 41.5 Å². The first kappa shape index (κ1) is 23.4. The van der Waals surface area contributed by atoms with E-state index in [0.717, 1.165) is 0 Å². The van der Waals surface area contributed by atoms with Gasteiger partial charge in [-0.15, -0.1) is 0 Å². The zero-order chi connectivity index (χ0) is 21.8. The number of nitrogens with zero attached hydrogens (tertiary/aromatic N) is 1. The normalized spacial score (nSPS) is 27.4. The van der Waals surface area contributed by atoms with E-state index in [-0.39, 0.29) is 17.6 Å². The van der Waals surface area contributed by atoms with Crippen molar-refractivity contribution >= 4 is 20.3 Å². The lowest BCUT2D eigenvalue weighted by Gasteiger charge is -2.51. The molecule has 0 unspecified atom stereocenters. The molecular weight excluding hydrogens is 374 g/mol. The lowest BCUT2D eigenvalue weighted by Crippen LogP contribution is -2.73. The fraction of sp³-hybridized carbons (Fsp3) is 0.905. The minimum Gasteiger partial charge on any atom is -0.443 e. The van der Waals surface area contributed by atoms with Crippen LogP contribution >= 0.6 is 0 Å². The maximum atomic E-state index is 13.1. The van der Waals surface area contributed by atoms with Crippen LogP contribution in [0.5, 0.6) is 0 Å². The van der Waals surface area contributed by atoms with Gasteiger partial charge in [0.15, 0.2) is 0 Å². The van der Waals surface area contributed by atoms with Crippen LogP contribution in [0.3, 0.4) is 0 Å². The molecule has 0 bridgehead atoms. The molecule has 0 aromatic carbocycles. The van der Waals surface area contributed by atoms with Crippen molar-refractivity contribution in [2.75, 3.05) is 0 Å². The van der Waals surface area contributed by atoms with Gasteiger partial charge in [0.25, 0.3) is 5.91 Å². The molecule has 0 spiro atoms. The smallest absolute Gasteiger partial charge is 0.417 e. The van der Waals surface area contributed by atoms with Crippen molar-refractivity contribution in [3.63, 3.8) is 0 Å². The second kappa shape index (κ2) is 7.40. The number of hydrogen-bond donors (Lipinski definition) is 0. The average molecular weight is 414 g/mol. The Morgan fingerprint density at radius 2 is 1.50 bits per heavy atom. The van der Waals surface area contributed by atoms with Gasteiger partial charge in [0.2, 0.25) is 8.32 Å². The molecule has 2 fully saturated rings. The molecule has 0 aromatic rings. The van der Waals surface area contributed by atoms with Crippen molar-refractivity contribution in [2.45, 2.75) is 122 Å². The van der Waals surface area contributed by atoms with Gasteiger partial charge in [-0.25, -0.2) is 9.69 Å². The largest absolute Gasteiger partial charge is 0.443 e. The fourth-order valence-corrected chi connectivity index (χ4v) is 10.3. The van der Waals surface area contributed by atoms with Gasteiger partial charge < -0.3 is 13.9 Å². The Kier molecular flexibility index (Phi) is 6.17. The number of epoxide rings is 1. The number of likely N-dealkylation sites (tertiary alicyclic amines) is 1. The Hall–Kier alpha value is -0.923. The maximum Gasteiger partial charge on any atom is 0.417 e. The Balaban J connectivity index is 2.33. The van der Waals surface area contributed by atoms with E-state index in [0.29, 0.717) is 16.6 Å². The van der Waals surface area contributed by atoms with E-state index in [1.54, 1.807) is 20.8 Å². The van der Waals surface area contributed by atoms with Crippen molar-refractivity contribution < 1.29 is 23.5 Å². The summed E-state index contributed by atoms with van der Waals surface area (Å²) in [6.07, 6.45) is -1.47. The Labute approximate surface area is 171 Å². The first-order valence-corrected chi connectivity index (χ1v) is 12.6. The molecule has 2 aliphatic heterocycles. The van der Waals surface area contributed by atoms with Crippen LogP contribution < -0.4 is 0 Å². The molecule has 162 valence electrons. The lowest BCUT2D eigenvalue weighted by molar-refractivity contribution is -0.163. The van der Waals surface area contributed by atoms with Crippen LogP contribution in [0.2, 0.25) is 16.6 Å². The van der Waals surface area contributed by atoms with Crippen LogP contribution in [-0.4, -0.2) is 54.7 Å². The molecular formula is C21H39NO5Si. The Morgan fingerprint density at radius 3 is 1.82 bits per heavy atom. The van der Waals surface area contributed by atoms with E-state index in [1.807, 2.05) is 13.8 Å². The van der Waals surface area contributed by atoms with E-state index in [9.17, 15) is 9.59 Å². The second-order valence-electron chi connectivity index (χ2n) is 10.7. The number of hydrogen-bond acceptors (Lipinski definition) is 5. The Bertz CT molecular complexity index is 601. The second-order valence-corrected chi connectivity index (χ2v) is 16.1. The molecule has 6 nitrogen and oxygen atoms in total. The van der Waals surface area contributed by atoms with Gasteiger partial charge in [-0.3, -0.25) is 4.79 Å². The molecule has 0 N–H and O–H groups in total. The third kappa shape index (κ3) is 4.03. The summed E-state index contributed by atoms with van der Waals surface area (Å²) in [6, 6.07) is -0.430. The summed E-state index contributed by atoms with van der Waals surface area (Å²) in [7, 11) is -2.27. The quantitative estimate of drug-likeness (QED) is 0.353. The van der Waals surface area contributed by atoms with Crippen molar-refractivity contribution in [3.05, 3.63) is 0 Å². The molecule has 3 atom stereocenters. The van der Waals surface area contributed by atoms with Crippen LogP contribution in [0, 0.1) is 0 Å². The summed E-state index contributed by atoms with van der Waals surface area (Å²) >= 11 is 0. The molecule has 2 amide bonds. The fourth-order valence-electron chi connectivity index (χ4n) is 4.82. The molecule has 0 aromatic heterocycles. The molecule has 0 saturated carbocycles. The summed E-state index contributed by atoms with van der Waals surface area (Å²) < 4.78 is 18.1. The van der Waals surface area contributed by atoms with Gasteiger partial charge in [0.1, 0.15) is 23.9 Å². The van der Waals surface area contributed by atoms with Gasteiger partial charge in [-0.2, -0.15) is 0 Å². The molecule has 2 rings (SSSR count). The minimum atomic E-state index is -2.27. The van der Waals surface area contributed by atoms with Crippen molar-refractivity contribution in [1.29, 1.82) is 0 Å². The highest BCUT2D eigenvalue weighted by molar-refractivity contribution is 6.77. The van der Waals surface area contributed by atoms with Crippen LogP contribution in [0.15, 0.2) is 0 Å². The van der Waals surface area contributed by atoms with Crippen molar-refractivity contribution in [2.24, 2.45) is 0 Å². The lowest BCUT2D eigenvalue weighted by atomic mass is 9.90. The van der Waals surface area contributed by atoms with E-state index in [1.165, 1.54) is 4.90 Å². The molecule has 0 radical (unpaired) electrons. The van der Waals surface area contributed by atoms with E-state index in [4.69, 9.17) is 13.9 Å². The number of ether oxygens (including phenoxy) is 2. The predicted molar refractivity (Wildman–Crippen MR) is 112 cm³/mol. The van der Waals surface area contributed by atoms with Gasteiger partial charge >= 0.3 is 6.09 Å². The monoisotopic (exact) mass is 413 g/mol. The predicted octanol–water partition coefficient (Wildman–Crippen LogP) is 4.87. The van der Waals surface area contributed by atoms with Crippen molar-refractivity contribution in [1.82, 2.24) is 4.90 Å². The Morgan fingerprint density at radius 1 is 1.07 bits per heavy atom. The van der Waals surface area contributed by atoms with E-state index in [2.05, 4.69) is 41.5 Å². The summed E-state index contributed by atoms with van der Waals surface area (Å²) in [5.41, 5.74) is 0.0179. The highest BCUT2D eigenvalue weighted by Crippen LogP contribution is 2.49. The summed E-state index contributed by atoms with van der Waals surface area (Å²) in [4.78, 5) is 27.0. The number of β-lactam (4-membered cyclic amide) rings is 1. The highest BCUT2D eigenvalue weighted by atomic mass is 28.4. The van der Waals surface area contributed by atoms with Gasteiger partial charge in [0, 0.05) is 0 Å². The topological polar surface area (TPSA) is 68.4 Å². The molecule has 2 aliphatic rings. The number of rotatable bonds is 6. The summed E-state index contributed by atoms with van der Waals surface area (Å²) in [5.74, 6) is -0.302. The van der Waals surface area contributed by atoms with E-state index < -0.39 is 32.2 Å². The summed E-state index contributed by atoms with van der Waals surface area (Å²) in [6.45, 7) is 22.5. The molecule has 2 saturated heterocycles.